The van der Waals surface area contributed by atoms with Gasteiger partial charge in [-0.2, -0.15) is 0 Å². The molecule has 1 fully saturated rings. The topological polar surface area (TPSA) is 84.9 Å². The van der Waals surface area contributed by atoms with Gasteiger partial charge in [0, 0.05) is 12.3 Å². The fourth-order valence-corrected chi connectivity index (χ4v) is 4.51. The molecule has 0 spiro atoms. The number of ether oxygens (including phenoxy) is 2. The molecule has 30 heavy (non-hydrogen) atoms. The summed E-state index contributed by atoms with van der Waals surface area (Å²) in [6.45, 7) is 4.13. The number of aliphatic carboxylic acids is 1. The normalized spacial score (nSPS) is 20.3. The predicted molar refractivity (Wildman–Crippen MR) is 112 cm³/mol. The van der Waals surface area contributed by atoms with Crippen molar-refractivity contribution in [3.05, 3.63) is 59.7 Å². The highest BCUT2D eigenvalue weighted by Crippen LogP contribution is 2.44. The number of alkyl carbamates (subject to hydrolysis) is 1. The second-order valence-corrected chi connectivity index (χ2v) is 8.63. The maximum absolute atomic E-state index is 12.4. The van der Waals surface area contributed by atoms with Gasteiger partial charge in [-0.1, -0.05) is 48.5 Å². The molecule has 2 unspecified atom stereocenters. The Balaban J connectivity index is 1.39. The molecule has 6 nitrogen and oxygen atoms in total. The molecule has 1 saturated heterocycles. The molecule has 1 aliphatic heterocycles. The second kappa shape index (κ2) is 8.11. The molecule has 158 valence electrons. The van der Waals surface area contributed by atoms with Crippen LogP contribution in [0, 0.1) is 0 Å². The van der Waals surface area contributed by atoms with E-state index in [2.05, 4.69) is 17.4 Å². The predicted octanol–water partition coefficient (Wildman–Crippen LogP) is 4.33. The van der Waals surface area contributed by atoms with Gasteiger partial charge in [-0.05, 0) is 48.9 Å². The number of carbonyl (C=O) groups is 2. The van der Waals surface area contributed by atoms with Gasteiger partial charge in [0.05, 0.1) is 11.7 Å². The van der Waals surface area contributed by atoms with E-state index in [0.29, 0.717) is 0 Å². The Hall–Kier alpha value is -2.86. The SMILES string of the molecule is CC1(C)CCC(CC(NC(=O)OCC2c3ccccc3-c3ccccc32)C(=O)O)O1. The lowest BCUT2D eigenvalue weighted by molar-refractivity contribution is -0.140. The summed E-state index contributed by atoms with van der Waals surface area (Å²) in [5.41, 5.74) is 4.26. The van der Waals surface area contributed by atoms with Gasteiger partial charge in [-0.15, -0.1) is 0 Å². The number of carboxylic acid groups (broad SMARTS) is 1. The summed E-state index contributed by atoms with van der Waals surface area (Å²) in [6.07, 6.45) is 0.970. The Kier molecular flexibility index (Phi) is 5.52. The molecule has 2 N–H and O–H groups in total. The molecule has 2 aliphatic rings. The van der Waals surface area contributed by atoms with Crippen LogP contribution in [0.15, 0.2) is 48.5 Å². The average Bonchev–Trinajstić information content (AvgIpc) is 3.22. The number of fused-ring (bicyclic) bond motifs is 3. The van der Waals surface area contributed by atoms with Crippen LogP contribution in [-0.4, -0.2) is 41.5 Å². The number of hydrogen-bond donors (Lipinski definition) is 2. The van der Waals surface area contributed by atoms with Gasteiger partial charge in [0.2, 0.25) is 0 Å². The Labute approximate surface area is 176 Å². The van der Waals surface area contributed by atoms with Crippen molar-refractivity contribution in [2.24, 2.45) is 0 Å². The second-order valence-electron chi connectivity index (χ2n) is 8.63. The molecule has 1 amide bonds. The van der Waals surface area contributed by atoms with Crippen LogP contribution < -0.4 is 5.32 Å². The molecule has 1 aliphatic carbocycles. The molecule has 2 aromatic carbocycles. The summed E-state index contributed by atoms with van der Waals surface area (Å²) < 4.78 is 11.3. The number of benzene rings is 2. The molecule has 6 heteroatoms. The molecule has 1 heterocycles. The van der Waals surface area contributed by atoms with E-state index in [1.54, 1.807) is 0 Å². The van der Waals surface area contributed by atoms with Crippen LogP contribution in [0.4, 0.5) is 4.79 Å². The van der Waals surface area contributed by atoms with Crippen molar-refractivity contribution in [1.29, 1.82) is 0 Å². The first kappa shape index (κ1) is 20.4. The van der Waals surface area contributed by atoms with Crippen LogP contribution in [0.1, 0.15) is 50.2 Å². The van der Waals surface area contributed by atoms with Crippen LogP contribution >= 0.6 is 0 Å². The van der Waals surface area contributed by atoms with E-state index in [9.17, 15) is 14.7 Å². The maximum atomic E-state index is 12.4. The number of nitrogens with one attached hydrogen (secondary N) is 1. The van der Waals surface area contributed by atoms with E-state index < -0.39 is 18.1 Å². The lowest BCUT2D eigenvalue weighted by Gasteiger charge is -2.22. The van der Waals surface area contributed by atoms with Crippen molar-refractivity contribution in [2.45, 2.75) is 56.8 Å². The summed E-state index contributed by atoms with van der Waals surface area (Å²) in [4.78, 5) is 24.0. The fraction of sp³-hybridized carbons (Fsp3) is 0.417. The van der Waals surface area contributed by atoms with E-state index in [1.165, 1.54) is 0 Å². The Morgan fingerprint density at radius 3 is 2.27 bits per heavy atom. The van der Waals surface area contributed by atoms with Gasteiger partial charge in [-0.3, -0.25) is 0 Å². The lowest BCUT2D eigenvalue weighted by Crippen LogP contribution is -2.43. The van der Waals surface area contributed by atoms with Crippen molar-refractivity contribution in [1.82, 2.24) is 5.32 Å². The third-order valence-electron chi connectivity index (χ3n) is 5.99. The first-order chi connectivity index (χ1) is 14.3. The number of carboxylic acids is 1. The summed E-state index contributed by atoms with van der Waals surface area (Å²) in [7, 11) is 0. The van der Waals surface area contributed by atoms with Crippen molar-refractivity contribution >= 4 is 12.1 Å². The fourth-order valence-electron chi connectivity index (χ4n) is 4.51. The molecular weight excluding hydrogens is 382 g/mol. The average molecular weight is 409 g/mol. The zero-order valence-electron chi connectivity index (χ0n) is 17.3. The van der Waals surface area contributed by atoms with Crippen molar-refractivity contribution in [3.8, 4) is 11.1 Å². The smallest absolute Gasteiger partial charge is 0.407 e. The van der Waals surface area contributed by atoms with Gasteiger partial charge in [-0.25, -0.2) is 9.59 Å². The number of rotatable bonds is 6. The molecule has 0 bridgehead atoms. The van der Waals surface area contributed by atoms with Crippen LogP contribution in [0.2, 0.25) is 0 Å². The first-order valence-corrected chi connectivity index (χ1v) is 10.4. The summed E-state index contributed by atoms with van der Waals surface area (Å²) >= 11 is 0. The summed E-state index contributed by atoms with van der Waals surface area (Å²) in [5.74, 6) is -1.15. The molecule has 2 aromatic rings. The quantitative estimate of drug-likeness (QED) is 0.742. The zero-order valence-corrected chi connectivity index (χ0v) is 17.3. The highest BCUT2D eigenvalue weighted by atomic mass is 16.5. The molecular formula is C24H27NO5. The molecule has 0 radical (unpaired) electrons. The van der Waals surface area contributed by atoms with Crippen molar-refractivity contribution < 1.29 is 24.2 Å². The minimum absolute atomic E-state index is 0.0645. The van der Waals surface area contributed by atoms with E-state index in [0.717, 1.165) is 35.1 Å². The van der Waals surface area contributed by atoms with Crippen LogP contribution in [-0.2, 0) is 14.3 Å². The maximum Gasteiger partial charge on any atom is 0.407 e. The largest absolute Gasteiger partial charge is 0.480 e. The minimum atomic E-state index is -1.09. The van der Waals surface area contributed by atoms with Crippen LogP contribution in [0.5, 0.6) is 0 Å². The van der Waals surface area contributed by atoms with E-state index in [1.807, 2.05) is 50.2 Å². The van der Waals surface area contributed by atoms with Crippen LogP contribution in [0.3, 0.4) is 0 Å². The Morgan fingerprint density at radius 2 is 1.73 bits per heavy atom. The van der Waals surface area contributed by atoms with Gasteiger partial charge < -0.3 is 19.9 Å². The minimum Gasteiger partial charge on any atom is -0.480 e. The van der Waals surface area contributed by atoms with E-state index in [-0.39, 0.29) is 30.7 Å². The van der Waals surface area contributed by atoms with Crippen molar-refractivity contribution in [3.63, 3.8) is 0 Å². The summed E-state index contributed by atoms with van der Waals surface area (Å²) in [6, 6.07) is 15.1. The molecule has 0 aromatic heterocycles. The number of hydrogen-bond acceptors (Lipinski definition) is 4. The summed E-state index contributed by atoms with van der Waals surface area (Å²) in [5, 5.41) is 12.0. The van der Waals surface area contributed by atoms with Crippen molar-refractivity contribution in [2.75, 3.05) is 6.61 Å². The highest BCUT2D eigenvalue weighted by Gasteiger charge is 2.35. The van der Waals surface area contributed by atoms with E-state index in [4.69, 9.17) is 9.47 Å². The monoisotopic (exact) mass is 409 g/mol. The van der Waals surface area contributed by atoms with Gasteiger partial charge in [0.1, 0.15) is 12.6 Å². The van der Waals surface area contributed by atoms with Gasteiger partial charge in [0.15, 0.2) is 0 Å². The molecule has 0 saturated carbocycles. The van der Waals surface area contributed by atoms with Crippen LogP contribution in [0.25, 0.3) is 11.1 Å². The number of carbonyl (C=O) groups excluding carboxylic acids is 1. The zero-order chi connectivity index (χ0) is 21.3. The standard InChI is InChI=1S/C24H27NO5/c1-24(2)12-11-15(30-24)13-21(22(26)27)25-23(28)29-14-20-18-9-5-3-7-16(18)17-8-4-6-10-19(17)20/h3-10,15,20-21H,11-14H2,1-2H3,(H,25,28)(H,26,27). The molecule has 2 atom stereocenters. The number of amides is 1. The molecule has 4 rings (SSSR count). The van der Waals surface area contributed by atoms with E-state index >= 15 is 0 Å². The third kappa shape index (κ3) is 4.19. The Bertz CT molecular complexity index is 909. The van der Waals surface area contributed by atoms with Gasteiger partial charge >= 0.3 is 12.1 Å². The Morgan fingerprint density at radius 1 is 1.13 bits per heavy atom. The lowest BCUT2D eigenvalue weighted by atomic mass is 9.98. The highest BCUT2D eigenvalue weighted by molar-refractivity contribution is 5.81. The third-order valence-corrected chi connectivity index (χ3v) is 5.99. The van der Waals surface area contributed by atoms with Gasteiger partial charge in [0.25, 0.3) is 0 Å². The first-order valence-electron chi connectivity index (χ1n) is 10.4.